The molecule has 2 aromatic carbocycles. The van der Waals surface area contributed by atoms with E-state index in [4.69, 9.17) is 9.84 Å². The third-order valence-corrected chi connectivity index (χ3v) is 3.77. The lowest BCUT2D eigenvalue weighted by Crippen LogP contribution is -2.27. The van der Waals surface area contributed by atoms with Crippen LogP contribution < -0.4 is 5.32 Å². The predicted octanol–water partition coefficient (Wildman–Crippen LogP) is 4.35. The number of aromatic hydroxyl groups is 1. The summed E-state index contributed by atoms with van der Waals surface area (Å²) in [5.74, 6) is -1.00. The van der Waals surface area contributed by atoms with Crippen molar-refractivity contribution in [3.05, 3.63) is 72.3 Å². The fraction of sp³-hybridized carbons (Fsp3) is 0.200. The normalized spacial score (nSPS) is 12.5. The lowest BCUT2D eigenvalue weighted by molar-refractivity contribution is -0.131. The fourth-order valence-corrected chi connectivity index (χ4v) is 2.45. The number of para-hydroxylation sites is 1. The van der Waals surface area contributed by atoms with Crippen molar-refractivity contribution in [3.63, 3.8) is 0 Å². The maximum absolute atomic E-state index is 12.3. The number of nitrogens with one attached hydrogen (secondary N) is 1. The number of ether oxygens (including phenoxy) is 1. The molecule has 0 aliphatic rings. The van der Waals surface area contributed by atoms with Crippen molar-refractivity contribution in [1.29, 1.82) is 0 Å². The quantitative estimate of drug-likeness (QED) is 0.670. The second kappa shape index (κ2) is 8.20. The highest BCUT2D eigenvalue weighted by molar-refractivity contribution is 5.84. The van der Waals surface area contributed by atoms with Crippen LogP contribution >= 0.6 is 0 Å². The minimum absolute atomic E-state index is 0.0834. The van der Waals surface area contributed by atoms with Crippen molar-refractivity contribution in [3.8, 4) is 5.75 Å². The molecule has 1 atom stereocenters. The van der Waals surface area contributed by atoms with Gasteiger partial charge in [0.1, 0.15) is 11.9 Å². The molecule has 0 radical (unpaired) electrons. The SMILES string of the molecule is CC(C)(/C=C/C(=O)O)[C@@H](OC(=O)Nc1ccccc1)c1ccc(O)cc1. The first-order chi connectivity index (χ1) is 12.3. The highest BCUT2D eigenvalue weighted by Crippen LogP contribution is 2.38. The van der Waals surface area contributed by atoms with Gasteiger partial charge in [0.25, 0.3) is 0 Å². The molecule has 0 aliphatic heterocycles. The molecule has 0 unspecified atom stereocenters. The van der Waals surface area contributed by atoms with Crippen LogP contribution in [-0.2, 0) is 9.53 Å². The van der Waals surface area contributed by atoms with Crippen molar-refractivity contribution >= 4 is 17.7 Å². The molecule has 6 nitrogen and oxygen atoms in total. The topological polar surface area (TPSA) is 95.9 Å². The summed E-state index contributed by atoms with van der Waals surface area (Å²) in [6.45, 7) is 3.53. The summed E-state index contributed by atoms with van der Waals surface area (Å²) in [6.07, 6.45) is 1.07. The number of hydrogen-bond acceptors (Lipinski definition) is 4. The molecule has 3 N–H and O–H groups in total. The Balaban J connectivity index is 2.26. The number of hydrogen-bond donors (Lipinski definition) is 3. The molecule has 1 amide bonds. The second-order valence-electron chi connectivity index (χ2n) is 6.36. The Morgan fingerprint density at radius 2 is 1.69 bits per heavy atom. The maximum atomic E-state index is 12.3. The molecule has 0 aliphatic carbocycles. The molecule has 2 aromatic rings. The van der Waals surface area contributed by atoms with Crippen LogP contribution in [0.15, 0.2) is 66.7 Å². The summed E-state index contributed by atoms with van der Waals surface area (Å²) in [6, 6.07) is 15.1. The molecule has 0 saturated heterocycles. The summed E-state index contributed by atoms with van der Waals surface area (Å²) in [5, 5.41) is 21.0. The molecule has 0 aromatic heterocycles. The third-order valence-electron chi connectivity index (χ3n) is 3.77. The Morgan fingerprint density at radius 3 is 2.27 bits per heavy atom. The molecule has 26 heavy (non-hydrogen) atoms. The summed E-state index contributed by atoms with van der Waals surface area (Å²) in [4.78, 5) is 23.2. The Kier molecular flexibility index (Phi) is 6.01. The number of carbonyl (C=O) groups is 2. The van der Waals surface area contributed by atoms with E-state index in [0.29, 0.717) is 11.3 Å². The third kappa shape index (κ3) is 5.37. The number of carboxylic acid groups (broad SMARTS) is 1. The van der Waals surface area contributed by atoms with Crippen LogP contribution in [0.5, 0.6) is 5.75 Å². The van der Waals surface area contributed by atoms with Crippen LogP contribution in [0, 0.1) is 5.41 Å². The van der Waals surface area contributed by atoms with E-state index >= 15 is 0 Å². The lowest BCUT2D eigenvalue weighted by atomic mass is 9.82. The minimum atomic E-state index is -1.09. The van der Waals surface area contributed by atoms with Gasteiger partial charge >= 0.3 is 12.1 Å². The van der Waals surface area contributed by atoms with Crippen molar-refractivity contribution in [2.75, 3.05) is 5.32 Å². The van der Waals surface area contributed by atoms with E-state index in [0.717, 1.165) is 6.08 Å². The molecule has 136 valence electrons. The highest BCUT2D eigenvalue weighted by atomic mass is 16.6. The van der Waals surface area contributed by atoms with Gasteiger partial charge in [-0.25, -0.2) is 9.59 Å². The molecular weight excluding hydrogens is 334 g/mol. The van der Waals surface area contributed by atoms with Crippen LogP contribution in [0.2, 0.25) is 0 Å². The van der Waals surface area contributed by atoms with Crippen LogP contribution in [0.25, 0.3) is 0 Å². The zero-order valence-corrected chi connectivity index (χ0v) is 14.5. The number of phenols is 1. The van der Waals surface area contributed by atoms with Crippen LogP contribution in [-0.4, -0.2) is 22.3 Å². The molecule has 0 spiro atoms. The Labute approximate surface area is 151 Å². The standard InChI is InChI=1S/C20H21NO5/c1-20(2,13-12-17(23)24)18(14-8-10-16(22)11-9-14)26-19(25)21-15-6-4-3-5-7-15/h3-13,18,22H,1-2H3,(H,21,25)(H,23,24)/b13-12+/t18-/m0/s1. The predicted molar refractivity (Wildman–Crippen MR) is 98.0 cm³/mol. The molecule has 0 heterocycles. The summed E-state index contributed by atoms with van der Waals surface area (Å²) < 4.78 is 5.60. The fourth-order valence-electron chi connectivity index (χ4n) is 2.45. The van der Waals surface area contributed by atoms with E-state index in [1.54, 1.807) is 50.2 Å². The first-order valence-electron chi connectivity index (χ1n) is 8.02. The smallest absolute Gasteiger partial charge is 0.412 e. The van der Waals surface area contributed by atoms with Gasteiger partial charge < -0.3 is 14.9 Å². The zero-order valence-electron chi connectivity index (χ0n) is 14.5. The maximum Gasteiger partial charge on any atom is 0.412 e. The summed E-state index contributed by atoms with van der Waals surface area (Å²) >= 11 is 0. The Bertz CT molecular complexity index is 782. The van der Waals surface area contributed by atoms with Crippen LogP contribution in [0.4, 0.5) is 10.5 Å². The molecular formula is C20H21NO5. The van der Waals surface area contributed by atoms with Crippen molar-refractivity contribution < 1.29 is 24.5 Å². The minimum Gasteiger partial charge on any atom is -0.508 e. The number of carbonyl (C=O) groups excluding carboxylic acids is 1. The second-order valence-corrected chi connectivity index (χ2v) is 6.36. The van der Waals surface area contributed by atoms with E-state index in [2.05, 4.69) is 5.32 Å². The van der Waals surface area contributed by atoms with E-state index in [1.807, 2.05) is 6.07 Å². The molecule has 0 bridgehead atoms. The molecule has 2 rings (SSSR count). The summed E-state index contributed by atoms with van der Waals surface area (Å²) in [5.41, 5.74) is 0.413. The first-order valence-corrected chi connectivity index (χ1v) is 8.02. The molecule has 0 saturated carbocycles. The van der Waals surface area contributed by atoms with E-state index < -0.39 is 23.6 Å². The van der Waals surface area contributed by atoms with Gasteiger partial charge in [-0.05, 0) is 29.8 Å². The first kappa shape index (κ1) is 19.1. The van der Waals surface area contributed by atoms with Crippen LogP contribution in [0.1, 0.15) is 25.5 Å². The van der Waals surface area contributed by atoms with E-state index in [-0.39, 0.29) is 5.75 Å². The zero-order chi connectivity index (χ0) is 19.2. The molecule has 0 fully saturated rings. The highest BCUT2D eigenvalue weighted by Gasteiger charge is 2.32. The van der Waals surface area contributed by atoms with Crippen molar-refractivity contribution in [1.82, 2.24) is 0 Å². The number of rotatable bonds is 6. The van der Waals surface area contributed by atoms with E-state index in [9.17, 15) is 14.7 Å². The average Bonchev–Trinajstić information content (AvgIpc) is 2.60. The van der Waals surface area contributed by atoms with Gasteiger partial charge in [0.05, 0.1) is 0 Å². The summed E-state index contributed by atoms with van der Waals surface area (Å²) in [7, 11) is 0. The van der Waals surface area contributed by atoms with Gasteiger partial charge in [0.2, 0.25) is 0 Å². The largest absolute Gasteiger partial charge is 0.508 e. The monoisotopic (exact) mass is 355 g/mol. The van der Waals surface area contributed by atoms with Gasteiger partial charge in [-0.15, -0.1) is 0 Å². The number of phenolic OH excluding ortho intramolecular Hbond substituents is 1. The van der Waals surface area contributed by atoms with Gasteiger partial charge in [-0.2, -0.15) is 0 Å². The molecule has 6 heteroatoms. The number of aliphatic carboxylic acids is 1. The van der Waals surface area contributed by atoms with E-state index in [1.165, 1.54) is 18.2 Å². The van der Waals surface area contributed by atoms with Crippen LogP contribution in [0.3, 0.4) is 0 Å². The number of carboxylic acids is 1. The average molecular weight is 355 g/mol. The Hall–Kier alpha value is -3.28. The van der Waals surface area contributed by atoms with Crippen molar-refractivity contribution in [2.24, 2.45) is 5.41 Å². The van der Waals surface area contributed by atoms with Gasteiger partial charge in [-0.3, -0.25) is 5.32 Å². The Morgan fingerprint density at radius 1 is 1.08 bits per heavy atom. The lowest BCUT2D eigenvalue weighted by Gasteiger charge is -2.31. The van der Waals surface area contributed by atoms with Crippen molar-refractivity contribution in [2.45, 2.75) is 20.0 Å². The number of anilines is 1. The number of amides is 1. The van der Waals surface area contributed by atoms with Gasteiger partial charge in [-0.1, -0.05) is 50.3 Å². The van der Waals surface area contributed by atoms with Gasteiger partial charge in [0, 0.05) is 17.2 Å². The van der Waals surface area contributed by atoms with Gasteiger partial charge in [0.15, 0.2) is 0 Å². The number of benzene rings is 2.